The van der Waals surface area contributed by atoms with E-state index in [4.69, 9.17) is 19.9 Å². The summed E-state index contributed by atoms with van der Waals surface area (Å²) in [5, 5.41) is 9.32. The van der Waals surface area contributed by atoms with Gasteiger partial charge in [-0.25, -0.2) is 19.9 Å². The Labute approximate surface area is 333 Å². The summed E-state index contributed by atoms with van der Waals surface area (Å²) >= 11 is 0. The molecule has 2 fully saturated rings. The topological polar surface area (TPSA) is 75.3 Å². The maximum absolute atomic E-state index is 9.32. The van der Waals surface area contributed by atoms with Crippen LogP contribution in [0.3, 0.4) is 0 Å². The highest BCUT2D eigenvalue weighted by Crippen LogP contribution is 2.53. The van der Waals surface area contributed by atoms with E-state index in [1.165, 1.54) is 31.2 Å². The summed E-state index contributed by atoms with van der Waals surface area (Å²) in [4.78, 5) is 20.5. The van der Waals surface area contributed by atoms with Crippen molar-refractivity contribution in [2.75, 3.05) is 0 Å². The van der Waals surface area contributed by atoms with Crippen LogP contribution in [0.4, 0.5) is 0 Å². The number of rotatable bonds is 8. The van der Waals surface area contributed by atoms with Crippen molar-refractivity contribution in [3.8, 4) is 85.0 Å². The summed E-state index contributed by atoms with van der Waals surface area (Å²) in [6.07, 6.45) is 5.52. The molecule has 3 unspecified atom stereocenters. The molecule has 2 heterocycles. The lowest BCUT2D eigenvalue weighted by atomic mass is 9.83. The second-order valence-corrected chi connectivity index (χ2v) is 15.4. The second-order valence-electron chi connectivity index (χ2n) is 15.4. The number of nitriles is 1. The first kappa shape index (κ1) is 34.5. The predicted octanol–water partition coefficient (Wildman–Crippen LogP) is 12.7. The molecule has 0 amide bonds. The van der Waals surface area contributed by atoms with Gasteiger partial charge in [0, 0.05) is 33.4 Å². The second kappa shape index (κ2) is 14.9. The summed E-state index contributed by atoms with van der Waals surface area (Å²) < 4.78 is 0. The Kier molecular flexibility index (Phi) is 9.01. The van der Waals surface area contributed by atoms with Crippen LogP contribution in [0.25, 0.3) is 78.9 Å². The third-order valence-electron chi connectivity index (χ3n) is 11.8. The van der Waals surface area contributed by atoms with Crippen LogP contribution in [0.15, 0.2) is 170 Å². The number of fused-ring (bicyclic) bond motifs is 2. The largest absolute Gasteiger partial charge is 0.228 e. The van der Waals surface area contributed by atoms with Crippen LogP contribution in [0, 0.1) is 23.2 Å². The van der Waals surface area contributed by atoms with Gasteiger partial charge < -0.3 is 0 Å². The third kappa shape index (κ3) is 7.03. The lowest BCUT2D eigenvalue weighted by Crippen LogP contribution is -2.08. The molecule has 5 nitrogen and oxygen atoms in total. The van der Waals surface area contributed by atoms with Gasteiger partial charge in [-0.15, -0.1) is 0 Å². The van der Waals surface area contributed by atoms with E-state index in [0.29, 0.717) is 23.1 Å². The van der Waals surface area contributed by atoms with Crippen LogP contribution in [-0.4, -0.2) is 19.9 Å². The van der Waals surface area contributed by atoms with Gasteiger partial charge in [-0.05, 0) is 90.1 Å². The normalized spacial score (nSPS) is 17.0. The summed E-state index contributed by atoms with van der Waals surface area (Å²) in [6, 6.07) is 60.5. The van der Waals surface area contributed by atoms with Crippen molar-refractivity contribution >= 4 is 0 Å². The van der Waals surface area contributed by atoms with Crippen molar-refractivity contribution in [2.45, 2.75) is 31.6 Å². The van der Waals surface area contributed by atoms with E-state index in [9.17, 15) is 5.26 Å². The average molecular weight is 734 g/mol. The van der Waals surface area contributed by atoms with Gasteiger partial charge in [0.25, 0.3) is 0 Å². The molecule has 0 aliphatic heterocycles. The average Bonchev–Trinajstić information content (AvgIpc) is 3.94. The molecule has 0 N–H and O–H groups in total. The predicted molar refractivity (Wildman–Crippen MR) is 229 cm³/mol. The molecule has 3 atom stereocenters. The van der Waals surface area contributed by atoms with Crippen LogP contribution in [0.2, 0.25) is 0 Å². The van der Waals surface area contributed by atoms with E-state index in [1.54, 1.807) is 0 Å². The molecule has 57 heavy (non-hydrogen) atoms. The van der Waals surface area contributed by atoms with E-state index < -0.39 is 0 Å². The summed E-state index contributed by atoms with van der Waals surface area (Å²) in [6.45, 7) is 0. The van der Waals surface area contributed by atoms with Crippen molar-refractivity contribution in [2.24, 2.45) is 11.8 Å². The molecule has 0 saturated heterocycles. The van der Waals surface area contributed by atoms with Gasteiger partial charge in [0.05, 0.1) is 34.4 Å². The molecule has 6 aromatic carbocycles. The highest BCUT2D eigenvalue weighted by molar-refractivity contribution is 5.79. The first-order chi connectivity index (χ1) is 28.1. The minimum Gasteiger partial charge on any atom is -0.228 e. The van der Waals surface area contributed by atoms with Crippen LogP contribution < -0.4 is 0 Å². The molecule has 2 saturated carbocycles. The van der Waals surface area contributed by atoms with Crippen molar-refractivity contribution in [1.29, 1.82) is 5.26 Å². The molecule has 0 spiro atoms. The number of nitrogens with zero attached hydrogens (tertiary/aromatic N) is 5. The van der Waals surface area contributed by atoms with Gasteiger partial charge in [0.1, 0.15) is 0 Å². The van der Waals surface area contributed by atoms with E-state index >= 15 is 0 Å². The monoisotopic (exact) mass is 733 g/mol. The van der Waals surface area contributed by atoms with Crippen molar-refractivity contribution in [3.05, 3.63) is 181 Å². The minimum absolute atomic E-state index is 0.638. The van der Waals surface area contributed by atoms with Crippen LogP contribution >= 0.6 is 0 Å². The number of benzene rings is 6. The summed E-state index contributed by atoms with van der Waals surface area (Å²) in [7, 11) is 0. The van der Waals surface area contributed by atoms with Crippen molar-refractivity contribution < 1.29 is 0 Å². The summed E-state index contributed by atoms with van der Waals surface area (Å²) in [5.74, 6) is 3.80. The van der Waals surface area contributed by atoms with Gasteiger partial charge in [-0.3, -0.25) is 0 Å². The lowest BCUT2D eigenvalue weighted by molar-refractivity contribution is 0.420. The maximum Gasteiger partial charge on any atom is 0.160 e. The van der Waals surface area contributed by atoms with Gasteiger partial charge >= 0.3 is 0 Å². The zero-order chi connectivity index (χ0) is 38.1. The van der Waals surface area contributed by atoms with E-state index in [2.05, 4.69) is 103 Å². The lowest BCUT2D eigenvalue weighted by Gasteiger charge is -2.22. The Morgan fingerprint density at radius 3 is 1.37 bits per heavy atom. The smallest absolute Gasteiger partial charge is 0.160 e. The first-order valence-corrected chi connectivity index (χ1v) is 19.8. The molecular formula is C52H39N5. The Hall–Kier alpha value is -7.03. The molecule has 5 heteroatoms. The van der Waals surface area contributed by atoms with Crippen molar-refractivity contribution in [1.82, 2.24) is 19.9 Å². The standard InChI is InChI=1S/C52H39N5/c53-33-34-17-20-36(21-18-34)41-13-7-14-43(29-41)49-32-50(57-52(56-49)40-11-5-2-6-12-40)45-16-8-15-44(30-45)48-31-47(54-51(55-48)39-9-3-1-4-10-39)38-25-23-37(24-26-38)46-28-35-19-22-42(46)27-35/h1-18,20-21,23-26,29-32,35,42,46H,19,22,27-28H2. The number of aromatic nitrogens is 4. The molecular weight excluding hydrogens is 695 g/mol. The first-order valence-electron chi connectivity index (χ1n) is 19.8. The molecule has 2 bridgehead atoms. The van der Waals surface area contributed by atoms with E-state index in [1.807, 2.05) is 72.8 Å². The molecule has 2 aliphatic rings. The van der Waals surface area contributed by atoms with Gasteiger partial charge in [-0.1, -0.05) is 140 Å². The minimum atomic E-state index is 0.638. The molecule has 2 aliphatic carbocycles. The van der Waals surface area contributed by atoms with Crippen molar-refractivity contribution in [3.63, 3.8) is 0 Å². The highest BCUT2D eigenvalue weighted by Gasteiger charge is 2.40. The van der Waals surface area contributed by atoms with Gasteiger partial charge in [0.2, 0.25) is 0 Å². The highest BCUT2D eigenvalue weighted by atomic mass is 14.9. The number of hydrogen-bond donors (Lipinski definition) is 0. The van der Waals surface area contributed by atoms with Crippen LogP contribution in [0.5, 0.6) is 0 Å². The van der Waals surface area contributed by atoms with E-state index in [0.717, 1.165) is 79.1 Å². The Morgan fingerprint density at radius 2 is 0.877 bits per heavy atom. The van der Waals surface area contributed by atoms with Crippen LogP contribution in [0.1, 0.15) is 42.7 Å². The quantitative estimate of drug-likeness (QED) is 0.155. The maximum atomic E-state index is 9.32. The molecule has 0 radical (unpaired) electrons. The third-order valence-corrected chi connectivity index (χ3v) is 11.8. The summed E-state index contributed by atoms with van der Waals surface area (Å²) in [5.41, 5.74) is 13.5. The van der Waals surface area contributed by atoms with Crippen LogP contribution in [-0.2, 0) is 0 Å². The molecule has 2 aromatic heterocycles. The van der Waals surface area contributed by atoms with Gasteiger partial charge in [-0.2, -0.15) is 5.26 Å². The van der Waals surface area contributed by atoms with E-state index in [-0.39, 0.29) is 0 Å². The fourth-order valence-electron chi connectivity index (χ4n) is 8.91. The SMILES string of the molecule is N#Cc1ccc(-c2cccc(-c3cc(-c4cccc(-c5cc(-c6ccc(C7CC8CCC7C8)cc6)nc(-c6ccccc6)n5)c4)nc(-c4ccccc4)n3)c2)cc1. The molecule has 10 rings (SSSR count). The fraction of sp³-hybridized carbons (Fsp3) is 0.135. The zero-order valence-electron chi connectivity index (χ0n) is 31.5. The Balaban J connectivity index is 1.05. The zero-order valence-corrected chi connectivity index (χ0v) is 31.5. The molecule has 272 valence electrons. The van der Waals surface area contributed by atoms with Gasteiger partial charge in [0.15, 0.2) is 11.6 Å². The fourth-order valence-corrected chi connectivity index (χ4v) is 8.91. The Bertz CT molecular complexity index is 2750. The molecule has 8 aromatic rings. The Morgan fingerprint density at radius 1 is 0.404 bits per heavy atom. The number of hydrogen-bond acceptors (Lipinski definition) is 5.